The van der Waals surface area contributed by atoms with Crippen LogP contribution in [0, 0.1) is 5.82 Å². The summed E-state index contributed by atoms with van der Waals surface area (Å²) in [4.78, 5) is -0.490. The Morgan fingerprint density at radius 1 is 1.04 bits per heavy atom. The van der Waals surface area contributed by atoms with Crippen molar-refractivity contribution < 1.29 is 31.8 Å². The third kappa shape index (κ3) is 5.94. The topological polar surface area (TPSA) is 83.1 Å². The summed E-state index contributed by atoms with van der Waals surface area (Å²) in [5.74, 6) is -0.654. The first-order valence-electron chi connectivity index (χ1n) is 6.94. The molecule has 0 aliphatic heterocycles. The van der Waals surface area contributed by atoms with Crippen LogP contribution in [0.4, 0.5) is 4.39 Å². The molecule has 0 bridgehead atoms. The van der Waals surface area contributed by atoms with Gasteiger partial charge in [0.05, 0.1) is 27.4 Å². The summed E-state index contributed by atoms with van der Waals surface area (Å²) in [6, 6.07) is 2.06. The Bertz CT molecular complexity index is 593. The summed E-state index contributed by atoms with van der Waals surface area (Å²) in [6.45, 7) is 1.42. The number of benzene rings is 1. The fourth-order valence-corrected chi connectivity index (χ4v) is 2.89. The zero-order valence-corrected chi connectivity index (χ0v) is 14.2. The molecule has 0 amide bonds. The Balaban J connectivity index is 2.66. The van der Waals surface area contributed by atoms with Crippen LogP contribution in [0.15, 0.2) is 17.0 Å². The molecule has 7 nitrogen and oxygen atoms in total. The summed E-state index contributed by atoms with van der Waals surface area (Å²) in [5, 5.41) is 0. The lowest BCUT2D eigenvalue weighted by molar-refractivity contribution is 0.0699. The second-order valence-corrected chi connectivity index (χ2v) is 6.23. The molecule has 23 heavy (non-hydrogen) atoms. The van der Waals surface area contributed by atoms with E-state index in [4.69, 9.17) is 18.9 Å². The number of halogens is 1. The normalized spacial score (nSPS) is 11.5. The van der Waals surface area contributed by atoms with Crippen LogP contribution >= 0.6 is 0 Å². The number of ether oxygens (including phenoxy) is 4. The molecule has 0 aliphatic carbocycles. The van der Waals surface area contributed by atoms with E-state index in [2.05, 4.69) is 4.72 Å². The van der Waals surface area contributed by atoms with Crippen LogP contribution in [0.5, 0.6) is 11.5 Å². The van der Waals surface area contributed by atoms with Gasteiger partial charge in [-0.3, -0.25) is 0 Å². The van der Waals surface area contributed by atoms with Crippen molar-refractivity contribution in [3.8, 4) is 11.5 Å². The van der Waals surface area contributed by atoms with E-state index in [1.807, 2.05) is 0 Å². The van der Waals surface area contributed by atoms with E-state index in [0.717, 1.165) is 12.1 Å². The van der Waals surface area contributed by atoms with Gasteiger partial charge in [0.15, 0.2) is 11.5 Å². The average Bonchev–Trinajstić information content (AvgIpc) is 2.53. The Labute approximate surface area is 135 Å². The van der Waals surface area contributed by atoms with Crippen molar-refractivity contribution in [1.82, 2.24) is 4.72 Å². The predicted octanol–water partition coefficient (Wildman–Crippen LogP) is 1.17. The van der Waals surface area contributed by atoms with E-state index in [0.29, 0.717) is 26.2 Å². The fraction of sp³-hybridized carbons (Fsp3) is 0.571. The summed E-state index contributed by atoms with van der Waals surface area (Å²) < 4.78 is 60.5. The van der Waals surface area contributed by atoms with E-state index >= 15 is 0 Å². The molecule has 0 radical (unpaired) electrons. The van der Waals surface area contributed by atoms with Gasteiger partial charge in [0, 0.05) is 32.4 Å². The molecule has 0 aliphatic rings. The second-order valence-electron chi connectivity index (χ2n) is 4.49. The predicted molar refractivity (Wildman–Crippen MR) is 82.0 cm³/mol. The van der Waals surface area contributed by atoms with Gasteiger partial charge in [0.25, 0.3) is 0 Å². The molecule has 1 rings (SSSR count). The Morgan fingerprint density at radius 2 is 1.70 bits per heavy atom. The van der Waals surface area contributed by atoms with Crippen LogP contribution in [-0.2, 0) is 19.5 Å². The van der Waals surface area contributed by atoms with E-state index in [-0.39, 0.29) is 18.0 Å². The minimum Gasteiger partial charge on any atom is -0.493 e. The molecule has 9 heteroatoms. The van der Waals surface area contributed by atoms with Gasteiger partial charge in [-0.25, -0.2) is 17.5 Å². The molecule has 0 aromatic heterocycles. The van der Waals surface area contributed by atoms with Crippen LogP contribution in [0.25, 0.3) is 0 Å². The monoisotopic (exact) mass is 351 g/mol. The van der Waals surface area contributed by atoms with Gasteiger partial charge in [0.2, 0.25) is 10.0 Å². The molecule has 0 spiro atoms. The maximum atomic E-state index is 14.0. The molecule has 0 unspecified atom stereocenters. The summed E-state index contributed by atoms with van der Waals surface area (Å²) in [6.07, 6.45) is 0.456. The Hall–Kier alpha value is -1.42. The summed E-state index contributed by atoms with van der Waals surface area (Å²) in [7, 11) is 0.263. The van der Waals surface area contributed by atoms with Crippen LogP contribution in [0.2, 0.25) is 0 Å². The molecule has 1 aromatic rings. The van der Waals surface area contributed by atoms with Gasteiger partial charge in [-0.1, -0.05) is 0 Å². The van der Waals surface area contributed by atoms with Crippen molar-refractivity contribution >= 4 is 10.0 Å². The molecule has 1 N–H and O–H groups in total. The number of sulfonamides is 1. The van der Waals surface area contributed by atoms with Crippen LogP contribution in [-0.4, -0.2) is 56.1 Å². The molecule has 0 fully saturated rings. The average molecular weight is 351 g/mol. The maximum Gasteiger partial charge on any atom is 0.243 e. The highest BCUT2D eigenvalue weighted by molar-refractivity contribution is 7.89. The number of nitrogens with one attached hydrogen (secondary N) is 1. The third-order valence-electron chi connectivity index (χ3n) is 2.92. The van der Waals surface area contributed by atoms with E-state index in [9.17, 15) is 12.8 Å². The van der Waals surface area contributed by atoms with Gasteiger partial charge in [-0.15, -0.1) is 0 Å². The first-order valence-corrected chi connectivity index (χ1v) is 8.42. The van der Waals surface area contributed by atoms with Crippen molar-refractivity contribution in [2.75, 3.05) is 47.7 Å². The van der Waals surface area contributed by atoms with Crippen molar-refractivity contribution in [2.24, 2.45) is 0 Å². The van der Waals surface area contributed by atoms with Gasteiger partial charge < -0.3 is 18.9 Å². The second kappa shape index (κ2) is 9.66. The standard InChI is InChI=1S/C14H22FNO6S/c1-19-7-8-22-6-4-5-16-23(17,18)14-10-13(21-3)12(20-2)9-11(14)15/h9-10,16H,4-8H2,1-3H3. The third-order valence-corrected chi connectivity index (χ3v) is 4.39. The quantitative estimate of drug-likeness (QED) is 0.603. The minimum absolute atomic E-state index is 0.121. The van der Waals surface area contributed by atoms with Gasteiger partial charge >= 0.3 is 0 Å². The summed E-state index contributed by atoms with van der Waals surface area (Å²) >= 11 is 0. The number of hydrogen-bond donors (Lipinski definition) is 1. The van der Waals surface area contributed by atoms with Gasteiger partial charge in [0.1, 0.15) is 10.7 Å². The van der Waals surface area contributed by atoms with E-state index in [1.165, 1.54) is 14.2 Å². The van der Waals surface area contributed by atoms with Gasteiger partial charge in [-0.2, -0.15) is 0 Å². The molecular formula is C14H22FNO6S. The molecular weight excluding hydrogens is 329 g/mol. The lowest BCUT2D eigenvalue weighted by Crippen LogP contribution is -2.26. The van der Waals surface area contributed by atoms with Crippen LogP contribution < -0.4 is 14.2 Å². The largest absolute Gasteiger partial charge is 0.493 e. The SMILES string of the molecule is COCCOCCCNS(=O)(=O)c1cc(OC)c(OC)cc1F. The van der Waals surface area contributed by atoms with Crippen LogP contribution in [0.1, 0.15) is 6.42 Å². The zero-order chi connectivity index (χ0) is 17.3. The van der Waals surface area contributed by atoms with Gasteiger partial charge in [-0.05, 0) is 6.42 Å². The lowest BCUT2D eigenvalue weighted by Gasteiger charge is -2.12. The number of methoxy groups -OCH3 is 3. The molecule has 132 valence electrons. The highest BCUT2D eigenvalue weighted by Crippen LogP contribution is 2.31. The van der Waals surface area contributed by atoms with Crippen molar-refractivity contribution in [2.45, 2.75) is 11.3 Å². The van der Waals surface area contributed by atoms with E-state index in [1.54, 1.807) is 7.11 Å². The number of hydrogen-bond acceptors (Lipinski definition) is 6. The highest BCUT2D eigenvalue weighted by atomic mass is 32.2. The van der Waals surface area contributed by atoms with Crippen LogP contribution in [0.3, 0.4) is 0 Å². The molecule has 0 heterocycles. The first-order chi connectivity index (χ1) is 11.0. The molecule has 1 aromatic carbocycles. The summed E-state index contributed by atoms with van der Waals surface area (Å²) in [5.41, 5.74) is 0. The van der Waals surface area contributed by atoms with E-state index < -0.39 is 20.7 Å². The Kier molecular flexibility index (Phi) is 8.24. The first kappa shape index (κ1) is 19.6. The van der Waals surface area contributed by atoms with Crippen molar-refractivity contribution in [1.29, 1.82) is 0 Å². The highest BCUT2D eigenvalue weighted by Gasteiger charge is 2.22. The smallest absolute Gasteiger partial charge is 0.243 e. The van der Waals surface area contributed by atoms with Crippen molar-refractivity contribution in [3.05, 3.63) is 17.9 Å². The molecule has 0 saturated carbocycles. The van der Waals surface area contributed by atoms with Crippen molar-refractivity contribution in [3.63, 3.8) is 0 Å². The lowest BCUT2D eigenvalue weighted by atomic mass is 10.3. The Morgan fingerprint density at radius 3 is 2.30 bits per heavy atom. The fourth-order valence-electron chi connectivity index (χ4n) is 1.74. The number of rotatable bonds is 11. The minimum atomic E-state index is -3.99. The maximum absolute atomic E-state index is 14.0. The molecule has 0 atom stereocenters. The molecule has 0 saturated heterocycles. The zero-order valence-electron chi connectivity index (χ0n) is 13.4.